The number of aromatic nitrogens is 2. The number of aliphatic hydroxyl groups excluding tert-OH is 1. The molecule has 74 valence electrons. The molecule has 0 bridgehead atoms. The van der Waals surface area contributed by atoms with Crippen LogP contribution in [0, 0.1) is 12.8 Å². The van der Waals surface area contributed by atoms with Crippen molar-refractivity contribution in [1.29, 1.82) is 0 Å². The fourth-order valence-corrected chi connectivity index (χ4v) is 1.48. The van der Waals surface area contributed by atoms with Gasteiger partial charge in [-0.3, -0.25) is 0 Å². The maximum absolute atomic E-state index is 8.83. The van der Waals surface area contributed by atoms with E-state index in [0.29, 0.717) is 12.3 Å². The fourth-order valence-electron chi connectivity index (χ4n) is 1.48. The van der Waals surface area contributed by atoms with Gasteiger partial charge in [-0.1, -0.05) is 13.8 Å². The number of H-pyrrole nitrogens is 1. The van der Waals surface area contributed by atoms with Gasteiger partial charge in [-0.2, -0.15) is 0 Å². The minimum Gasteiger partial charge on any atom is -0.396 e. The van der Waals surface area contributed by atoms with Gasteiger partial charge in [0.2, 0.25) is 0 Å². The predicted octanol–water partition coefficient (Wildman–Crippen LogP) is 1.45. The Morgan fingerprint density at radius 3 is 2.69 bits per heavy atom. The fraction of sp³-hybridized carbons (Fsp3) is 0.700. The maximum atomic E-state index is 8.83. The number of imidazole rings is 1. The second kappa shape index (κ2) is 4.42. The highest BCUT2D eigenvalue weighted by atomic mass is 16.3. The van der Waals surface area contributed by atoms with Gasteiger partial charge in [0.15, 0.2) is 0 Å². The lowest BCUT2D eigenvalue weighted by atomic mass is 10.1. The Morgan fingerprint density at radius 1 is 1.46 bits per heavy atom. The van der Waals surface area contributed by atoms with E-state index in [-0.39, 0.29) is 6.61 Å². The molecule has 13 heavy (non-hydrogen) atoms. The first-order chi connectivity index (χ1) is 6.13. The van der Waals surface area contributed by atoms with E-state index in [1.165, 1.54) is 5.69 Å². The Bertz CT molecular complexity index is 266. The monoisotopic (exact) mass is 182 g/mol. The molecular formula is C10H18N2O. The Labute approximate surface area is 79.2 Å². The molecule has 1 heterocycles. The quantitative estimate of drug-likeness (QED) is 0.740. The Balaban J connectivity index is 2.77. The van der Waals surface area contributed by atoms with E-state index in [2.05, 4.69) is 23.8 Å². The van der Waals surface area contributed by atoms with Crippen LogP contribution < -0.4 is 0 Å². The van der Waals surface area contributed by atoms with Gasteiger partial charge in [-0.25, -0.2) is 4.98 Å². The van der Waals surface area contributed by atoms with Crippen molar-refractivity contribution in [3.05, 3.63) is 17.2 Å². The molecular weight excluding hydrogens is 164 g/mol. The summed E-state index contributed by atoms with van der Waals surface area (Å²) < 4.78 is 0. The van der Waals surface area contributed by atoms with Crippen LogP contribution in [0.4, 0.5) is 0 Å². The zero-order valence-electron chi connectivity index (χ0n) is 8.59. The maximum Gasteiger partial charge on any atom is 0.103 e. The van der Waals surface area contributed by atoms with E-state index >= 15 is 0 Å². The molecule has 3 nitrogen and oxygen atoms in total. The molecule has 0 amide bonds. The van der Waals surface area contributed by atoms with Crippen LogP contribution >= 0.6 is 0 Å². The lowest BCUT2D eigenvalue weighted by molar-refractivity contribution is 0.298. The summed E-state index contributed by atoms with van der Waals surface area (Å²) in [7, 11) is 0. The van der Waals surface area contributed by atoms with Crippen LogP contribution in [0.15, 0.2) is 0 Å². The van der Waals surface area contributed by atoms with Crippen molar-refractivity contribution in [2.24, 2.45) is 5.92 Å². The third-order valence-corrected chi connectivity index (χ3v) is 1.94. The van der Waals surface area contributed by atoms with Gasteiger partial charge in [0, 0.05) is 18.7 Å². The highest BCUT2D eigenvalue weighted by Crippen LogP contribution is 2.11. The molecule has 1 aromatic rings. The first-order valence-electron chi connectivity index (χ1n) is 4.78. The van der Waals surface area contributed by atoms with Crippen molar-refractivity contribution in [2.45, 2.75) is 33.6 Å². The van der Waals surface area contributed by atoms with Crippen molar-refractivity contribution in [3.8, 4) is 0 Å². The summed E-state index contributed by atoms with van der Waals surface area (Å²) in [6.45, 7) is 6.48. The second-order valence-electron chi connectivity index (χ2n) is 3.82. The Hall–Kier alpha value is -0.830. The van der Waals surface area contributed by atoms with Crippen LogP contribution in [-0.4, -0.2) is 21.7 Å². The van der Waals surface area contributed by atoms with Crippen LogP contribution in [0.1, 0.15) is 31.1 Å². The third-order valence-electron chi connectivity index (χ3n) is 1.94. The summed E-state index contributed by atoms with van der Waals surface area (Å²) in [6.07, 6.45) is 1.67. The zero-order valence-corrected chi connectivity index (χ0v) is 8.59. The topological polar surface area (TPSA) is 48.9 Å². The van der Waals surface area contributed by atoms with Crippen LogP contribution in [0.2, 0.25) is 0 Å². The predicted molar refractivity (Wildman–Crippen MR) is 52.7 cm³/mol. The summed E-state index contributed by atoms with van der Waals surface area (Å²) in [5.41, 5.74) is 2.20. The van der Waals surface area contributed by atoms with Crippen LogP contribution in [-0.2, 0) is 12.8 Å². The lowest BCUT2D eigenvalue weighted by Crippen LogP contribution is -2.01. The van der Waals surface area contributed by atoms with E-state index in [9.17, 15) is 0 Å². The van der Waals surface area contributed by atoms with E-state index in [1.807, 2.05) is 6.92 Å². The van der Waals surface area contributed by atoms with Gasteiger partial charge >= 0.3 is 0 Å². The van der Waals surface area contributed by atoms with Gasteiger partial charge in [0.1, 0.15) is 5.82 Å². The number of hydrogen-bond acceptors (Lipinski definition) is 2. The summed E-state index contributed by atoms with van der Waals surface area (Å²) >= 11 is 0. The SMILES string of the molecule is Cc1nc(CCO)c(CC(C)C)[nH]1. The number of nitrogens with zero attached hydrogens (tertiary/aromatic N) is 1. The molecule has 0 saturated carbocycles. The van der Waals surface area contributed by atoms with Crippen LogP contribution in [0.25, 0.3) is 0 Å². The number of aliphatic hydroxyl groups is 1. The average molecular weight is 182 g/mol. The third kappa shape index (κ3) is 2.84. The second-order valence-corrected chi connectivity index (χ2v) is 3.82. The zero-order chi connectivity index (χ0) is 9.84. The minimum absolute atomic E-state index is 0.176. The van der Waals surface area contributed by atoms with Gasteiger partial charge in [0.05, 0.1) is 5.69 Å². The molecule has 0 atom stereocenters. The van der Waals surface area contributed by atoms with Gasteiger partial charge in [-0.15, -0.1) is 0 Å². The average Bonchev–Trinajstić information content (AvgIpc) is 2.31. The van der Waals surface area contributed by atoms with Crippen molar-refractivity contribution < 1.29 is 5.11 Å². The van der Waals surface area contributed by atoms with Gasteiger partial charge in [0.25, 0.3) is 0 Å². The first kappa shape index (κ1) is 10.3. The van der Waals surface area contributed by atoms with E-state index < -0.39 is 0 Å². The first-order valence-corrected chi connectivity index (χ1v) is 4.78. The number of aromatic amines is 1. The summed E-state index contributed by atoms with van der Waals surface area (Å²) in [6, 6.07) is 0. The van der Waals surface area contributed by atoms with Crippen molar-refractivity contribution in [2.75, 3.05) is 6.61 Å². The molecule has 0 aliphatic carbocycles. The number of hydrogen-bond donors (Lipinski definition) is 2. The molecule has 0 spiro atoms. The lowest BCUT2D eigenvalue weighted by Gasteiger charge is -2.03. The smallest absolute Gasteiger partial charge is 0.103 e. The molecule has 1 rings (SSSR count). The minimum atomic E-state index is 0.176. The highest BCUT2D eigenvalue weighted by molar-refractivity contribution is 5.15. The molecule has 0 fully saturated rings. The molecule has 3 heteroatoms. The summed E-state index contributed by atoms with van der Waals surface area (Å²) in [5, 5.41) is 8.83. The van der Waals surface area contributed by atoms with E-state index in [0.717, 1.165) is 17.9 Å². The standard InChI is InChI=1S/C10H18N2O/c1-7(2)6-10-9(4-5-13)11-8(3)12-10/h7,13H,4-6H2,1-3H3,(H,11,12). The van der Waals surface area contributed by atoms with Gasteiger partial charge in [-0.05, 0) is 19.3 Å². The van der Waals surface area contributed by atoms with Crippen molar-refractivity contribution >= 4 is 0 Å². The summed E-state index contributed by atoms with van der Waals surface area (Å²) in [5.74, 6) is 1.57. The largest absolute Gasteiger partial charge is 0.396 e. The van der Waals surface area contributed by atoms with E-state index in [1.54, 1.807) is 0 Å². The molecule has 0 radical (unpaired) electrons. The van der Waals surface area contributed by atoms with Crippen molar-refractivity contribution in [3.63, 3.8) is 0 Å². The van der Waals surface area contributed by atoms with Gasteiger partial charge < -0.3 is 10.1 Å². The molecule has 0 saturated heterocycles. The molecule has 1 aromatic heterocycles. The molecule has 0 aromatic carbocycles. The van der Waals surface area contributed by atoms with Crippen molar-refractivity contribution in [1.82, 2.24) is 9.97 Å². The normalized spacial score (nSPS) is 11.2. The van der Waals surface area contributed by atoms with Crippen LogP contribution in [0.3, 0.4) is 0 Å². The summed E-state index contributed by atoms with van der Waals surface area (Å²) in [4.78, 5) is 7.58. The number of aryl methyl sites for hydroxylation is 1. The molecule has 0 aliphatic heterocycles. The number of rotatable bonds is 4. The Kier molecular flexibility index (Phi) is 3.48. The number of nitrogens with one attached hydrogen (secondary N) is 1. The Morgan fingerprint density at radius 2 is 2.15 bits per heavy atom. The molecule has 0 unspecified atom stereocenters. The molecule has 0 aliphatic rings. The van der Waals surface area contributed by atoms with E-state index in [4.69, 9.17) is 5.11 Å². The van der Waals surface area contributed by atoms with Crippen LogP contribution in [0.5, 0.6) is 0 Å². The highest BCUT2D eigenvalue weighted by Gasteiger charge is 2.08. The molecule has 2 N–H and O–H groups in total.